The fourth-order valence-corrected chi connectivity index (χ4v) is 7.07. The number of nitro groups is 1. The summed E-state index contributed by atoms with van der Waals surface area (Å²) in [6.45, 7) is 6.13. The van der Waals surface area contributed by atoms with Crippen molar-refractivity contribution in [2.45, 2.75) is 41.3 Å². The summed E-state index contributed by atoms with van der Waals surface area (Å²) in [5.74, 6) is -2.27. The number of thiazole rings is 1. The highest BCUT2D eigenvalue weighted by molar-refractivity contribution is 7.93. The van der Waals surface area contributed by atoms with Gasteiger partial charge in [0, 0.05) is 30.1 Å². The molecule has 1 amide bonds. The van der Waals surface area contributed by atoms with Gasteiger partial charge in [-0.2, -0.15) is 0 Å². The van der Waals surface area contributed by atoms with Crippen molar-refractivity contribution >= 4 is 43.7 Å². The molecule has 0 fully saturated rings. The van der Waals surface area contributed by atoms with Crippen LogP contribution >= 0.6 is 11.3 Å². The molecule has 1 unspecified atom stereocenters. The Morgan fingerprint density at radius 3 is 2.21 bits per heavy atom. The Bertz CT molecular complexity index is 1840. The number of non-ortho nitro benzene ring substituents is 1. The van der Waals surface area contributed by atoms with E-state index in [1.165, 1.54) is 24.5 Å². The average Bonchev–Trinajstić information content (AvgIpc) is 3.56. The van der Waals surface area contributed by atoms with E-state index in [0.717, 1.165) is 40.9 Å². The Labute approximate surface area is 244 Å². The summed E-state index contributed by atoms with van der Waals surface area (Å²) in [4.78, 5) is 46.5. The number of nitro benzene ring substituents is 1. The van der Waals surface area contributed by atoms with E-state index < -0.39 is 38.3 Å². The molecule has 13 heteroatoms. The predicted octanol–water partition coefficient (Wildman–Crippen LogP) is 5.36. The Hall–Kier alpha value is -4.75. The fourth-order valence-electron chi connectivity index (χ4n) is 4.52. The summed E-state index contributed by atoms with van der Waals surface area (Å²) < 4.78 is 26.4. The predicted molar refractivity (Wildman–Crippen MR) is 154 cm³/mol. The van der Waals surface area contributed by atoms with E-state index in [4.69, 9.17) is 0 Å². The number of carbonyl (C=O) groups is 2. The van der Waals surface area contributed by atoms with Crippen LogP contribution in [0.3, 0.4) is 0 Å². The molecule has 1 aliphatic rings. The first kappa shape index (κ1) is 28.8. The number of anilines is 1. The van der Waals surface area contributed by atoms with Crippen molar-refractivity contribution in [3.63, 3.8) is 0 Å². The van der Waals surface area contributed by atoms with Crippen LogP contribution < -0.4 is 4.90 Å². The molecule has 0 bridgehead atoms. The number of aromatic nitrogens is 2. The highest BCUT2D eigenvalue weighted by Gasteiger charge is 2.46. The minimum atomic E-state index is -4.15. The van der Waals surface area contributed by atoms with Crippen molar-refractivity contribution in [2.24, 2.45) is 0 Å². The van der Waals surface area contributed by atoms with E-state index in [2.05, 4.69) is 9.97 Å². The lowest BCUT2D eigenvalue weighted by molar-refractivity contribution is -0.384. The van der Waals surface area contributed by atoms with Crippen LogP contribution in [0.1, 0.15) is 48.3 Å². The Morgan fingerprint density at radius 2 is 1.64 bits per heavy atom. The second-order valence-electron chi connectivity index (χ2n) is 10.5. The molecular formula is C29H24N4O7S2. The van der Waals surface area contributed by atoms with Crippen LogP contribution in [0.15, 0.2) is 99.7 Å². The number of rotatable bonds is 7. The molecule has 1 N–H and O–H groups in total. The number of hydrogen-bond acceptors (Lipinski definition) is 10. The van der Waals surface area contributed by atoms with Crippen molar-refractivity contribution in [1.82, 2.24) is 9.97 Å². The molecule has 1 atom stereocenters. The van der Waals surface area contributed by atoms with E-state index >= 15 is 0 Å². The number of ketones is 1. The summed E-state index contributed by atoms with van der Waals surface area (Å²) >= 11 is 0.677. The van der Waals surface area contributed by atoms with Crippen molar-refractivity contribution in [1.29, 1.82) is 0 Å². The molecule has 1 aliphatic heterocycles. The molecule has 0 saturated heterocycles. The first-order valence-corrected chi connectivity index (χ1v) is 14.9. The van der Waals surface area contributed by atoms with E-state index in [1.807, 2.05) is 32.9 Å². The number of pyridine rings is 1. The van der Waals surface area contributed by atoms with Crippen LogP contribution in [-0.2, 0) is 20.0 Å². The van der Waals surface area contributed by atoms with Gasteiger partial charge in [0.25, 0.3) is 11.6 Å². The van der Waals surface area contributed by atoms with Crippen LogP contribution in [0.25, 0.3) is 0 Å². The molecule has 2 aromatic heterocycles. The topological polar surface area (TPSA) is 161 Å². The van der Waals surface area contributed by atoms with Gasteiger partial charge in [-0.05, 0) is 40.8 Å². The maximum atomic E-state index is 13.6. The maximum Gasteiger partial charge on any atom is 0.296 e. The largest absolute Gasteiger partial charge is 0.503 e. The first-order valence-electron chi connectivity index (χ1n) is 12.6. The number of Topliss-reactive ketones (excluding diaryl/α,β-unsaturated/α-hetero) is 1. The van der Waals surface area contributed by atoms with E-state index in [9.17, 15) is 33.2 Å². The maximum absolute atomic E-state index is 13.6. The lowest BCUT2D eigenvalue weighted by Crippen LogP contribution is -2.31. The molecule has 214 valence electrons. The van der Waals surface area contributed by atoms with Gasteiger partial charge < -0.3 is 5.11 Å². The van der Waals surface area contributed by atoms with Crippen LogP contribution in [0.2, 0.25) is 0 Å². The molecular weight excluding hydrogens is 580 g/mol. The molecule has 0 saturated carbocycles. The molecule has 2 aromatic carbocycles. The average molecular weight is 605 g/mol. The number of benzene rings is 2. The zero-order valence-electron chi connectivity index (χ0n) is 22.6. The van der Waals surface area contributed by atoms with Crippen LogP contribution in [-0.4, -0.2) is 40.1 Å². The third kappa shape index (κ3) is 5.08. The van der Waals surface area contributed by atoms with Gasteiger partial charge in [0.15, 0.2) is 16.7 Å². The van der Waals surface area contributed by atoms with Crippen molar-refractivity contribution in [3.8, 4) is 0 Å². The highest BCUT2D eigenvalue weighted by atomic mass is 32.2. The zero-order valence-corrected chi connectivity index (χ0v) is 24.2. The Balaban J connectivity index is 1.59. The van der Waals surface area contributed by atoms with Gasteiger partial charge in [-0.15, -0.1) is 0 Å². The van der Waals surface area contributed by atoms with Gasteiger partial charge in [0.05, 0.1) is 27.6 Å². The van der Waals surface area contributed by atoms with Gasteiger partial charge in [-0.25, -0.2) is 13.4 Å². The normalized spacial score (nSPS) is 15.7. The molecule has 4 aromatic rings. The summed E-state index contributed by atoms with van der Waals surface area (Å²) in [6.07, 6.45) is 3.91. The third-order valence-corrected chi connectivity index (χ3v) is 10.0. The molecule has 0 radical (unpaired) electrons. The van der Waals surface area contributed by atoms with Crippen LogP contribution in [0.4, 0.5) is 10.8 Å². The number of carbonyl (C=O) groups excluding carboxylic acids is 2. The highest BCUT2D eigenvalue weighted by Crippen LogP contribution is 2.44. The van der Waals surface area contributed by atoms with Gasteiger partial charge >= 0.3 is 0 Å². The molecule has 11 nitrogen and oxygen atoms in total. The molecule has 3 heterocycles. The Kier molecular flexibility index (Phi) is 7.25. The van der Waals surface area contributed by atoms with E-state index in [-0.39, 0.29) is 36.5 Å². The second kappa shape index (κ2) is 10.6. The standard InChI is InChI=1S/C29H24N4O7S2/c1-29(2,3)19-6-4-17(5-7-19)24-23(25(34)18-12-14-30-15-13-18)26(35)27(36)32(24)28-31-16-22(41-28)42(39,40)21-10-8-20(9-11-21)33(37)38/h4-16,24,35H,1-3H3. The quantitative estimate of drug-likeness (QED) is 0.166. The van der Waals surface area contributed by atoms with Crippen LogP contribution in [0, 0.1) is 10.1 Å². The van der Waals surface area contributed by atoms with Crippen molar-refractivity contribution in [3.05, 3.63) is 117 Å². The fraction of sp³-hybridized carbons (Fsp3) is 0.172. The van der Waals surface area contributed by atoms with Gasteiger partial charge in [-0.3, -0.25) is 29.6 Å². The molecule has 42 heavy (non-hydrogen) atoms. The lowest BCUT2D eigenvalue weighted by atomic mass is 9.85. The molecule has 5 rings (SSSR count). The number of aliphatic hydroxyl groups is 1. The summed E-state index contributed by atoms with van der Waals surface area (Å²) in [7, 11) is -4.15. The second-order valence-corrected chi connectivity index (χ2v) is 13.7. The SMILES string of the molecule is CC(C)(C)c1ccc(C2C(C(=O)c3ccncc3)=C(O)C(=O)N2c2ncc(S(=O)(=O)c3ccc([N+](=O)[O-])cc3)s2)cc1. The van der Waals surface area contributed by atoms with Crippen molar-refractivity contribution < 1.29 is 28.0 Å². The monoisotopic (exact) mass is 604 g/mol. The van der Waals surface area contributed by atoms with Gasteiger partial charge in [0.1, 0.15) is 4.21 Å². The van der Waals surface area contributed by atoms with Gasteiger partial charge in [-0.1, -0.05) is 56.4 Å². The smallest absolute Gasteiger partial charge is 0.296 e. The Morgan fingerprint density at radius 1 is 1.02 bits per heavy atom. The van der Waals surface area contributed by atoms with Crippen molar-refractivity contribution in [2.75, 3.05) is 4.90 Å². The number of aliphatic hydroxyl groups excluding tert-OH is 1. The number of hydrogen-bond donors (Lipinski definition) is 1. The van der Waals surface area contributed by atoms with E-state index in [1.54, 1.807) is 12.1 Å². The minimum Gasteiger partial charge on any atom is -0.503 e. The third-order valence-electron chi connectivity index (χ3n) is 6.79. The number of nitrogens with zero attached hydrogens (tertiary/aromatic N) is 4. The summed E-state index contributed by atoms with van der Waals surface area (Å²) in [6, 6.07) is 13.5. The first-order chi connectivity index (χ1) is 19.8. The van der Waals surface area contributed by atoms with Gasteiger partial charge in [0.2, 0.25) is 9.84 Å². The van der Waals surface area contributed by atoms with Crippen LogP contribution in [0.5, 0.6) is 0 Å². The minimum absolute atomic E-state index is 0.0607. The summed E-state index contributed by atoms with van der Waals surface area (Å²) in [5.41, 5.74) is 1.10. The number of sulfone groups is 1. The molecule has 0 spiro atoms. The van der Waals surface area contributed by atoms with E-state index in [0.29, 0.717) is 16.9 Å². The molecule has 0 aliphatic carbocycles. The zero-order chi connectivity index (χ0) is 30.4. The lowest BCUT2D eigenvalue weighted by Gasteiger charge is -2.26. The summed E-state index contributed by atoms with van der Waals surface area (Å²) in [5, 5.41) is 21.9. The number of amides is 1.